The van der Waals surface area contributed by atoms with Crippen molar-refractivity contribution in [3.8, 4) is 0 Å². The third-order valence-electron chi connectivity index (χ3n) is 5.61. The summed E-state index contributed by atoms with van der Waals surface area (Å²) in [6.07, 6.45) is 6.04. The molecule has 5 nitrogen and oxygen atoms in total. The topological polar surface area (TPSA) is 66.6 Å². The lowest BCUT2D eigenvalue weighted by Crippen LogP contribution is -2.52. The number of nitrogens with zero attached hydrogens (tertiary/aromatic N) is 2. The molecule has 3 rings (SSSR count). The van der Waals surface area contributed by atoms with Crippen molar-refractivity contribution in [3.05, 3.63) is 35.9 Å². The highest BCUT2D eigenvalue weighted by Gasteiger charge is 2.30. The number of carbonyl (C=O) groups excluding carboxylic acids is 2. The predicted octanol–water partition coefficient (Wildman–Crippen LogP) is 1.81. The summed E-state index contributed by atoms with van der Waals surface area (Å²) in [7, 11) is 0. The molecular formula is C20H29N3O2. The van der Waals surface area contributed by atoms with Crippen molar-refractivity contribution >= 4 is 11.8 Å². The molecule has 2 heterocycles. The van der Waals surface area contributed by atoms with Crippen LogP contribution in [0.15, 0.2) is 30.3 Å². The minimum atomic E-state index is -0.297. The first-order valence-electron chi connectivity index (χ1n) is 9.48. The molecule has 1 aromatic rings. The van der Waals surface area contributed by atoms with E-state index in [4.69, 9.17) is 5.73 Å². The smallest absolute Gasteiger partial charge is 0.236 e. The monoisotopic (exact) mass is 343 g/mol. The fourth-order valence-corrected chi connectivity index (χ4v) is 4.11. The number of rotatable bonds is 5. The Bertz CT molecular complexity index is 582. The van der Waals surface area contributed by atoms with Crippen LogP contribution in [0.25, 0.3) is 0 Å². The Morgan fingerprint density at radius 2 is 1.72 bits per heavy atom. The summed E-state index contributed by atoms with van der Waals surface area (Å²) in [5.74, 6) is 0.500. The Hall–Kier alpha value is -1.88. The molecule has 0 saturated carbocycles. The highest BCUT2D eigenvalue weighted by molar-refractivity contribution is 5.82. The van der Waals surface area contributed by atoms with Gasteiger partial charge in [-0.3, -0.25) is 14.5 Å². The highest BCUT2D eigenvalue weighted by Crippen LogP contribution is 2.22. The number of piperidine rings is 2. The summed E-state index contributed by atoms with van der Waals surface area (Å²) in [6, 6.07) is 10.3. The lowest BCUT2D eigenvalue weighted by Gasteiger charge is -2.37. The summed E-state index contributed by atoms with van der Waals surface area (Å²) in [4.78, 5) is 28.2. The van der Waals surface area contributed by atoms with Crippen molar-refractivity contribution in [2.24, 2.45) is 11.7 Å². The molecule has 0 aromatic heterocycles. The Labute approximate surface area is 150 Å². The molecule has 0 aliphatic carbocycles. The molecule has 25 heavy (non-hydrogen) atoms. The molecule has 0 spiro atoms. The van der Waals surface area contributed by atoms with Gasteiger partial charge in [-0.1, -0.05) is 36.8 Å². The third kappa shape index (κ3) is 4.82. The van der Waals surface area contributed by atoms with E-state index in [0.29, 0.717) is 12.5 Å². The summed E-state index contributed by atoms with van der Waals surface area (Å²) in [5.41, 5.74) is 6.88. The molecule has 2 saturated heterocycles. The number of nitrogens with two attached hydrogens (primary N) is 1. The van der Waals surface area contributed by atoms with Crippen molar-refractivity contribution < 1.29 is 9.59 Å². The SMILES string of the molecule is NC(=O)C1CCCCN1CC(=O)N1CCC(Cc2ccccc2)CC1. The van der Waals surface area contributed by atoms with E-state index < -0.39 is 0 Å². The van der Waals surface area contributed by atoms with Crippen molar-refractivity contribution in [2.45, 2.75) is 44.6 Å². The molecule has 0 radical (unpaired) electrons. The number of hydrogen-bond donors (Lipinski definition) is 1. The largest absolute Gasteiger partial charge is 0.368 e. The number of hydrogen-bond acceptors (Lipinski definition) is 3. The van der Waals surface area contributed by atoms with Crippen molar-refractivity contribution in [1.29, 1.82) is 0 Å². The Balaban J connectivity index is 1.47. The van der Waals surface area contributed by atoms with Crippen molar-refractivity contribution in [1.82, 2.24) is 9.80 Å². The summed E-state index contributed by atoms with van der Waals surface area (Å²) in [5, 5.41) is 0. The maximum atomic E-state index is 12.6. The lowest BCUT2D eigenvalue weighted by atomic mass is 9.90. The van der Waals surface area contributed by atoms with Crippen LogP contribution in [0.2, 0.25) is 0 Å². The van der Waals surface area contributed by atoms with E-state index in [1.807, 2.05) is 15.9 Å². The molecular weight excluding hydrogens is 314 g/mol. The van der Waals surface area contributed by atoms with Crippen LogP contribution in [0.5, 0.6) is 0 Å². The minimum Gasteiger partial charge on any atom is -0.368 e. The van der Waals surface area contributed by atoms with E-state index in [2.05, 4.69) is 24.3 Å². The van der Waals surface area contributed by atoms with Crippen LogP contribution < -0.4 is 5.73 Å². The number of likely N-dealkylation sites (tertiary alicyclic amines) is 2. The fourth-order valence-electron chi connectivity index (χ4n) is 4.11. The average molecular weight is 343 g/mol. The number of carbonyl (C=O) groups is 2. The molecule has 2 fully saturated rings. The molecule has 1 aromatic carbocycles. The molecule has 2 N–H and O–H groups in total. The highest BCUT2D eigenvalue weighted by atomic mass is 16.2. The number of primary amides is 1. The van der Waals surface area contributed by atoms with Gasteiger partial charge in [-0.2, -0.15) is 0 Å². The van der Waals surface area contributed by atoms with Gasteiger partial charge in [-0.15, -0.1) is 0 Å². The molecule has 2 aliphatic heterocycles. The van der Waals surface area contributed by atoms with E-state index in [1.165, 1.54) is 5.56 Å². The second-order valence-corrected chi connectivity index (χ2v) is 7.40. The van der Waals surface area contributed by atoms with E-state index in [0.717, 1.165) is 58.2 Å². The van der Waals surface area contributed by atoms with Gasteiger partial charge in [0.2, 0.25) is 11.8 Å². The van der Waals surface area contributed by atoms with E-state index in [1.54, 1.807) is 0 Å². The van der Waals surface area contributed by atoms with Gasteiger partial charge < -0.3 is 10.6 Å². The lowest BCUT2D eigenvalue weighted by molar-refractivity contribution is -0.136. The molecule has 1 unspecified atom stereocenters. The quantitative estimate of drug-likeness (QED) is 0.887. The predicted molar refractivity (Wildman–Crippen MR) is 97.9 cm³/mol. The fraction of sp³-hybridized carbons (Fsp3) is 0.600. The second kappa shape index (κ2) is 8.48. The number of benzene rings is 1. The van der Waals surface area contributed by atoms with Crippen LogP contribution in [0.3, 0.4) is 0 Å². The Morgan fingerprint density at radius 3 is 2.40 bits per heavy atom. The molecule has 1 atom stereocenters. The van der Waals surface area contributed by atoms with E-state index >= 15 is 0 Å². The maximum absolute atomic E-state index is 12.6. The van der Waals surface area contributed by atoms with Crippen LogP contribution in [0.1, 0.15) is 37.7 Å². The van der Waals surface area contributed by atoms with Gasteiger partial charge in [0.15, 0.2) is 0 Å². The average Bonchev–Trinajstić information content (AvgIpc) is 2.63. The zero-order chi connectivity index (χ0) is 17.6. The minimum absolute atomic E-state index is 0.145. The maximum Gasteiger partial charge on any atom is 0.236 e. The van der Waals surface area contributed by atoms with Gasteiger partial charge in [0, 0.05) is 13.1 Å². The Kier molecular flexibility index (Phi) is 6.08. The van der Waals surface area contributed by atoms with Gasteiger partial charge >= 0.3 is 0 Å². The van der Waals surface area contributed by atoms with Gasteiger partial charge in [-0.05, 0) is 50.1 Å². The van der Waals surface area contributed by atoms with Crippen LogP contribution in [-0.4, -0.2) is 53.8 Å². The zero-order valence-corrected chi connectivity index (χ0v) is 14.9. The van der Waals surface area contributed by atoms with E-state index in [9.17, 15) is 9.59 Å². The van der Waals surface area contributed by atoms with Gasteiger partial charge in [0.25, 0.3) is 0 Å². The second-order valence-electron chi connectivity index (χ2n) is 7.40. The van der Waals surface area contributed by atoms with Crippen LogP contribution in [-0.2, 0) is 16.0 Å². The molecule has 2 aliphatic rings. The zero-order valence-electron chi connectivity index (χ0n) is 14.9. The summed E-state index contributed by atoms with van der Waals surface area (Å²) >= 11 is 0. The summed E-state index contributed by atoms with van der Waals surface area (Å²) < 4.78 is 0. The van der Waals surface area contributed by atoms with Gasteiger partial charge in [0.1, 0.15) is 0 Å². The normalized spacial score (nSPS) is 22.7. The van der Waals surface area contributed by atoms with Crippen LogP contribution in [0.4, 0.5) is 0 Å². The van der Waals surface area contributed by atoms with Gasteiger partial charge in [0.05, 0.1) is 12.6 Å². The molecule has 0 bridgehead atoms. The first kappa shape index (κ1) is 17.9. The third-order valence-corrected chi connectivity index (χ3v) is 5.61. The van der Waals surface area contributed by atoms with Gasteiger partial charge in [-0.25, -0.2) is 0 Å². The first-order chi connectivity index (χ1) is 12.1. The molecule has 2 amide bonds. The summed E-state index contributed by atoms with van der Waals surface area (Å²) in [6.45, 7) is 2.78. The molecule has 5 heteroatoms. The Morgan fingerprint density at radius 1 is 1.00 bits per heavy atom. The van der Waals surface area contributed by atoms with Crippen LogP contribution in [0, 0.1) is 5.92 Å². The first-order valence-corrected chi connectivity index (χ1v) is 9.48. The number of amides is 2. The molecule has 136 valence electrons. The standard InChI is InChI=1S/C20H29N3O2/c21-20(25)18-8-4-5-11-23(18)15-19(24)22-12-9-17(10-13-22)14-16-6-2-1-3-7-16/h1-3,6-7,17-18H,4-5,8-15H2,(H2,21,25). The van der Waals surface area contributed by atoms with E-state index in [-0.39, 0.29) is 17.9 Å². The van der Waals surface area contributed by atoms with Crippen molar-refractivity contribution in [3.63, 3.8) is 0 Å². The van der Waals surface area contributed by atoms with Crippen LogP contribution >= 0.6 is 0 Å². The van der Waals surface area contributed by atoms with Crippen molar-refractivity contribution in [2.75, 3.05) is 26.2 Å².